The molecule has 0 bridgehead atoms. The lowest BCUT2D eigenvalue weighted by Gasteiger charge is -2.16. The van der Waals surface area contributed by atoms with Crippen LogP contribution in [0.1, 0.15) is 19.4 Å². The number of amides is 2. The molecule has 2 aromatic carbocycles. The summed E-state index contributed by atoms with van der Waals surface area (Å²) in [6.45, 7) is 3.61. The van der Waals surface area contributed by atoms with Gasteiger partial charge in [-0.25, -0.2) is 0 Å². The number of carbonyl (C=O) groups is 2. The molecule has 2 aromatic rings. The van der Waals surface area contributed by atoms with Crippen molar-refractivity contribution in [3.63, 3.8) is 0 Å². The maximum atomic E-state index is 12.1. The first-order valence-corrected chi connectivity index (χ1v) is 8.58. The van der Waals surface area contributed by atoms with Gasteiger partial charge in [-0.2, -0.15) is 0 Å². The molecule has 7 N–H and O–H groups in total. The summed E-state index contributed by atoms with van der Waals surface area (Å²) in [4.78, 5) is 24.1. The van der Waals surface area contributed by atoms with Crippen LogP contribution in [0.2, 0.25) is 0 Å². The summed E-state index contributed by atoms with van der Waals surface area (Å²) in [6, 6.07) is 7.65. The third-order valence-electron chi connectivity index (χ3n) is 3.97. The number of hydrogen-bond acceptors (Lipinski definition) is 6. The van der Waals surface area contributed by atoms with Crippen LogP contribution in [0.3, 0.4) is 0 Å². The molecule has 0 aliphatic heterocycles. The Morgan fingerprint density at radius 2 is 1.64 bits per heavy atom. The molecule has 28 heavy (non-hydrogen) atoms. The number of aromatic hydroxyl groups is 3. The molecule has 0 spiro atoms. The Hall–Kier alpha value is -3.52. The lowest BCUT2D eigenvalue weighted by Crippen LogP contribution is -2.39. The highest BCUT2D eigenvalue weighted by Crippen LogP contribution is 2.27. The van der Waals surface area contributed by atoms with Crippen LogP contribution in [0, 0.1) is 5.92 Å². The maximum Gasteiger partial charge on any atom is 0.248 e. The highest BCUT2D eigenvalue weighted by atomic mass is 16.3. The second kappa shape index (κ2) is 8.92. The summed E-state index contributed by atoms with van der Waals surface area (Å²) in [5.41, 5.74) is 6.79. The van der Waals surface area contributed by atoms with Crippen molar-refractivity contribution in [3.8, 4) is 17.2 Å². The zero-order valence-electron chi connectivity index (χ0n) is 15.5. The summed E-state index contributed by atoms with van der Waals surface area (Å²) in [5.74, 6) is -1.68. The number of nitrogens with one attached hydrogen (secondary N) is 2. The molecular weight excluding hydrogens is 362 g/mol. The maximum absolute atomic E-state index is 12.1. The number of rotatable bonds is 6. The van der Waals surface area contributed by atoms with Gasteiger partial charge >= 0.3 is 0 Å². The third kappa shape index (κ3) is 5.49. The molecule has 8 nitrogen and oxygen atoms in total. The van der Waals surface area contributed by atoms with Crippen LogP contribution >= 0.6 is 0 Å². The molecule has 0 radical (unpaired) electrons. The standard InChI is InChI=1S/C20H23N3O5/c1-11(2)19(21)20(28)23-14-10-13(5-7-15(14)24)22-18(27)8-4-12-3-6-16(25)17(26)9-12/h3-11,19,24-26H,21H2,1-2H3,(H,22,27)(H,23,28)/t19-/m0/s1. The summed E-state index contributed by atoms with van der Waals surface area (Å²) < 4.78 is 0. The van der Waals surface area contributed by atoms with Crippen molar-refractivity contribution < 1.29 is 24.9 Å². The van der Waals surface area contributed by atoms with E-state index in [-0.39, 0.29) is 28.9 Å². The Morgan fingerprint density at radius 3 is 2.29 bits per heavy atom. The molecule has 2 rings (SSSR count). The summed E-state index contributed by atoms with van der Waals surface area (Å²) >= 11 is 0. The van der Waals surface area contributed by atoms with Crippen molar-refractivity contribution in [2.45, 2.75) is 19.9 Å². The van der Waals surface area contributed by atoms with Gasteiger partial charge in [0.25, 0.3) is 0 Å². The van der Waals surface area contributed by atoms with Crippen molar-refractivity contribution in [2.24, 2.45) is 11.7 Å². The molecule has 2 amide bonds. The van der Waals surface area contributed by atoms with Gasteiger partial charge in [0.1, 0.15) is 5.75 Å². The van der Waals surface area contributed by atoms with Gasteiger partial charge in [-0.1, -0.05) is 19.9 Å². The normalized spacial score (nSPS) is 12.1. The van der Waals surface area contributed by atoms with E-state index in [0.717, 1.165) is 0 Å². The fourth-order valence-electron chi connectivity index (χ4n) is 2.23. The van der Waals surface area contributed by atoms with Crippen LogP contribution in [-0.4, -0.2) is 33.2 Å². The molecule has 0 saturated carbocycles. The van der Waals surface area contributed by atoms with Gasteiger partial charge in [0.2, 0.25) is 11.8 Å². The second-order valence-corrected chi connectivity index (χ2v) is 6.56. The van der Waals surface area contributed by atoms with E-state index >= 15 is 0 Å². The SMILES string of the molecule is CC(C)[C@H](N)C(=O)Nc1cc(NC(=O)C=Cc2ccc(O)c(O)c2)ccc1O. The number of phenols is 3. The van der Waals surface area contributed by atoms with Crippen LogP contribution in [0.5, 0.6) is 17.2 Å². The third-order valence-corrected chi connectivity index (χ3v) is 3.97. The van der Waals surface area contributed by atoms with Gasteiger partial charge < -0.3 is 31.7 Å². The van der Waals surface area contributed by atoms with Gasteiger partial charge in [-0.15, -0.1) is 0 Å². The minimum atomic E-state index is -0.734. The number of carbonyl (C=O) groups excluding carboxylic acids is 2. The number of nitrogens with two attached hydrogens (primary N) is 1. The first-order chi connectivity index (χ1) is 13.2. The van der Waals surface area contributed by atoms with E-state index < -0.39 is 17.9 Å². The molecule has 0 fully saturated rings. The highest BCUT2D eigenvalue weighted by molar-refractivity contribution is 6.03. The lowest BCUT2D eigenvalue weighted by molar-refractivity contribution is -0.118. The Bertz CT molecular complexity index is 909. The van der Waals surface area contributed by atoms with E-state index in [1.165, 1.54) is 48.6 Å². The van der Waals surface area contributed by atoms with E-state index in [2.05, 4.69) is 10.6 Å². The largest absolute Gasteiger partial charge is 0.506 e. The van der Waals surface area contributed by atoms with E-state index in [1.807, 2.05) is 0 Å². The Balaban J connectivity index is 2.07. The monoisotopic (exact) mass is 385 g/mol. The fourth-order valence-corrected chi connectivity index (χ4v) is 2.23. The Labute approximate surface area is 162 Å². The van der Waals surface area contributed by atoms with Crippen molar-refractivity contribution in [1.29, 1.82) is 0 Å². The molecular formula is C20H23N3O5. The topological polar surface area (TPSA) is 145 Å². The Morgan fingerprint density at radius 1 is 0.964 bits per heavy atom. The van der Waals surface area contributed by atoms with Crippen LogP contribution < -0.4 is 16.4 Å². The quantitative estimate of drug-likeness (QED) is 0.256. The molecule has 0 aromatic heterocycles. The zero-order valence-corrected chi connectivity index (χ0v) is 15.5. The smallest absolute Gasteiger partial charge is 0.248 e. The minimum Gasteiger partial charge on any atom is -0.506 e. The molecule has 8 heteroatoms. The van der Waals surface area contributed by atoms with Crippen molar-refractivity contribution >= 4 is 29.3 Å². The first kappa shape index (κ1) is 20.8. The van der Waals surface area contributed by atoms with Crippen molar-refractivity contribution in [1.82, 2.24) is 0 Å². The number of phenolic OH excluding ortho intramolecular Hbond substituents is 3. The number of hydrogen-bond donors (Lipinski definition) is 6. The van der Waals surface area contributed by atoms with Crippen LogP contribution in [0.4, 0.5) is 11.4 Å². The lowest BCUT2D eigenvalue weighted by atomic mass is 10.0. The zero-order chi connectivity index (χ0) is 20.8. The molecule has 0 heterocycles. The predicted octanol–water partition coefficient (Wildman–Crippen LogP) is 2.38. The number of anilines is 2. The average molecular weight is 385 g/mol. The van der Waals surface area contributed by atoms with Crippen LogP contribution in [0.25, 0.3) is 6.08 Å². The van der Waals surface area contributed by atoms with Crippen molar-refractivity contribution in [2.75, 3.05) is 10.6 Å². The molecule has 0 saturated heterocycles. The molecule has 0 unspecified atom stereocenters. The Kier molecular flexibility index (Phi) is 6.62. The van der Waals surface area contributed by atoms with E-state index in [4.69, 9.17) is 5.73 Å². The molecule has 0 aliphatic carbocycles. The molecule has 0 aliphatic rings. The first-order valence-electron chi connectivity index (χ1n) is 8.58. The van der Waals surface area contributed by atoms with E-state index in [0.29, 0.717) is 11.3 Å². The predicted molar refractivity (Wildman–Crippen MR) is 107 cm³/mol. The molecule has 1 atom stereocenters. The second-order valence-electron chi connectivity index (χ2n) is 6.56. The summed E-state index contributed by atoms with van der Waals surface area (Å²) in [7, 11) is 0. The van der Waals surface area contributed by atoms with Gasteiger partial charge in [-0.3, -0.25) is 9.59 Å². The van der Waals surface area contributed by atoms with Gasteiger partial charge in [0.15, 0.2) is 11.5 Å². The molecule has 148 valence electrons. The minimum absolute atomic E-state index is 0.0745. The van der Waals surface area contributed by atoms with Crippen molar-refractivity contribution in [3.05, 3.63) is 48.0 Å². The van der Waals surface area contributed by atoms with Gasteiger partial charge in [-0.05, 0) is 47.9 Å². The van der Waals surface area contributed by atoms with Crippen LogP contribution in [0.15, 0.2) is 42.5 Å². The van der Waals surface area contributed by atoms with E-state index in [9.17, 15) is 24.9 Å². The summed E-state index contributed by atoms with van der Waals surface area (Å²) in [6.07, 6.45) is 2.70. The average Bonchev–Trinajstić information content (AvgIpc) is 2.64. The fraction of sp³-hybridized carbons (Fsp3) is 0.200. The van der Waals surface area contributed by atoms with E-state index in [1.54, 1.807) is 13.8 Å². The van der Waals surface area contributed by atoms with Gasteiger partial charge in [0, 0.05) is 11.8 Å². The van der Waals surface area contributed by atoms with Crippen LogP contribution in [-0.2, 0) is 9.59 Å². The summed E-state index contributed by atoms with van der Waals surface area (Å²) in [5, 5.41) is 33.8. The number of benzene rings is 2. The highest BCUT2D eigenvalue weighted by Gasteiger charge is 2.18. The van der Waals surface area contributed by atoms with Gasteiger partial charge in [0.05, 0.1) is 11.7 Å².